The van der Waals surface area contributed by atoms with Crippen LogP contribution in [0, 0.1) is 5.82 Å². The Morgan fingerprint density at radius 3 is 2.68 bits per heavy atom. The van der Waals surface area contributed by atoms with E-state index < -0.39 is 0 Å². The van der Waals surface area contributed by atoms with Crippen molar-refractivity contribution in [2.75, 3.05) is 10.6 Å². The molecule has 0 bridgehead atoms. The minimum Gasteiger partial charge on any atom is -0.339 e. The van der Waals surface area contributed by atoms with Crippen LogP contribution in [0.2, 0.25) is 0 Å². The van der Waals surface area contributed by atoms with Gasteiger partial charge in [0.1, 0.15) is 5.82 Å². The van der Waals surface area contributed by atoms with Gasteiger partial charge in [0.25, 0.3) is 0 Å². The molecule has 0 saturated carbocycles. The molecule has 0 atom stereocenters. The van der Waals surface area contributed by atoms with Crippen molar-refractivity contribution < 1.29 is 4.39 Å². The summed E-state index contributed by atoms with van der Waals surface area (Å²) in [5.74, 6) is 0.341. The molecule has 5 nitrogen and oxygen atoms in total. The molecule has 0 aliphatic carbocycles. The van der Waals surface area contributed by atoms with Crippen LogP contribution in [-0.2, 0) is 0 Å². The summed E-state index contributed by atoms with van der Waals surface area (Å²) in [5.41, 5.74) is 1.15. The van der Waals surface area contributed by atoms with Gasteiger partial charge in [-0.2, -0.15) is 10.1 Å². The van der Waals surface area contributed by atoms with Crippen molar-refractivity contribution in [3.8, 4) is 0 Å². The van der Waals surface area contributed by atoms with Crippen LogP contribution in [-0.4, -0.2) is 15.2 Å². The summed E-state index contributed by atoms with van der Waals surface area (Å²) in [5, 5.41) is 13.6. The Balaban J connectivity index is 1.79. The van der Waals surface area contributed by atoms with Crippen molar-refractivity contribution in [2.45, 2.75) is 0 Å². The Morgan fingerprint density at radius 2 is 1.86 bits per heavy atom. The van der Waals surface area contributed by atoms with Crippen molar-refractivity contribution in [1.82, 2.24) is 15.2 Å². The van der Waals surface area contributed by atoms with Gasteiger partial charge in [-0.1, -0.05) is 34.1 Å². The molecule has 0 fully saturated rings. The Bertz CT molecular complexity index is 796. The Kier molecular flexibility index (Phi) is 4.24. The van der Waals surface area contributed by atoms with E-state index in [2.05, 4.69) is 41.7 Å². The smallest absolute Gasteiger partial charge is 0.249 e. The predicted molar refractivity (Wildman–Crippen MR) is 86.9 cm³/mol. The summed E-state index contributed by atoms with van der Waals surface area (Å²) < 4.78 is 14.6. The second-order valence-corrected chi connectivity index (χ2v) is 5.32. The highest BCUT2D eigenvalue weighted by molar-refractivity contribution is 9.10. The first-order valence-electron chi connectivity index (χ1n) is 6.44. The fourth-order valence-electron chi connectivity index (χ4n) is 1.81. The third kappa shape index (κ3) is 3.56. The monoisotopic (exact) mass is 359 g/mol. The minimum absolute atomic E-state index is 0.213. The van der Waals surface area contributed by atoms with Gasteiger partial charge in [0.05, 0.1) is 11.9 Å². The van der Waals surface area contributed by atoms with Crippen LogP contribution in [0.1, 0.15) is 0 Å². The molecular formula is C15H11BrFN5. The Labute approximate surface area is 134 Å². The van der Waals surface area contributed by atoms with Crippen LogP contribution in [0.3, 0.4) is 0 Å². The van der Waals surface area contributed by atoms with Crippen LogP contribution in [0.5, 0.6) is 0 Å². The number of halogens is 2. The molecule has 7 heteroatoms. The average Bonchev–Trinajstić information content (AvgIpc) is 2.50. The van der Waals surface area contributed by atoms with E-state index in [1.54, 1.807) is 18.2 Å². The summed E-state index contributed by atoms with van der Waals surface area (Å²) in [6, 6.07) is 13.9. The lowest BCUT2D eigenvalue weighted by molar-refractivity contribution is 0.631. The highest BCUT2D eigenvalue weighted by Gasteiger charge is 2.05. The molecule has 0 spiro atoms. The van der Waals surface area contributed by atoms with Gasteiger partial charge in [0, 0.05) is 10.2 Å². The maximum atomic E-state index is 13.6. The molecule has 1 aromatic heterocycles. The molecule has 2 aromatic carbocycles. The zero-order valence-electron chi connectivity index (χ0n) is 11.3. The molecule has 0 unspecified atom stereocenters. The number of nitrogens with zero attached hydrogens (tertiary/aromatic N) is 3. The lowest BCUT2D eigenvalue weighted by Crippen LogP contribution is -2.03. The van der Waals surface area contributed by atoms with Crippen molar-refractivity contribution in [1.29, 1.82) is 0 Å². The van der Waals surface area contributed by atoms with E-state index in [9.17, 15) is 4.39 Å². The van der Waals surface area contributed by atoms with E-state index in [0.29, 0.717) is 11.5 Å². The molecule has 3 aromatic rings. The number of aromatic nitrogens is 3. The van der Waals surface area contributed by atoms with Gasteiger partial charge in [-0.25, -0.2) is 4.39 Å². The number of nitrogens with one attached hydrogen (secondary N) is 2. The molecule has 0 aliphatic heterocycles. The van der Waals surface area contributed by atoms with Gasteiger partial charge in [-0.3, -0.25) is 0 Å². The van der Waals surface area contributed by atoms with Crippen LogP contribution >= 0.6 is 15.9 Å². The number of benzene rings is 2. The van der Waals surface area contributed by atoms with Crippen molar-refractivity contribution in [3.05, 3.63) is 65.0 Å². The zero-order valence-corrected chi connectivity index (χ0v) is 12.9. The van der Waals surface area contributed by atoms with Gasteiger partial charge < -0.3 is 10.6 Å². The molecule has 1 heterocycles. The second kappa shape index (κ2) is 6.48. The standard InChI is InChI=1S/C15H11BrFN5/c16-10-4-3-5-11(8-10)19-14-9-18-22-15(21-14)20-13-7-2-1-6-12(13)17/h1-9H,(H2,19,20,21,22). The molecule has 2 N–H and O–H groups in total. The summed E-state index contributed by atoms with van der Waals surface area (Å²) >= 11 is 3.40. The van der Waals surface area contributed by atoms with E-state index in [-0.39, 0.29) is 11.8 Å². The highest BCUT2D eigenvalue weighted by Crippen LogP contribution is 2.20. The maximum Gasteiger partial charge on any atom is 0.249 e. The van der Waals surface area contributed by atoms with Gasteiger partial charge in [-0.15, -0.1) is 5.10 Å². The normalized spacial score (nSPS) is 10.3. The van der Waals surface area contributed by atoms with E-state index >= 15 is 0 Å². The third-order valence-corrected chi connectivity index (χ3v) is 3.27. The average molecular weight is 360 g/mol. The number of anilines is 4. The zero-order chi connectivity index (χ0) is 15.4. The SMILES string of the molecule is Fc1ccccc1Nc1nncc(Nc2cccc(Br)c2)n1. The number of hydrogen-bond donors (Lipinski definition) is 2. The lowest BCUT2D eigenvalue weighted by atomic mass is 10.3. The molecule has 0 aliphatic rings. The summed E-state index contributed by atoms with van der Waals surface area (Å²) in [6.45, 7) is 0. The summed E-state index contributed by atoms with van der Waals surface area (Å²) in [4.78, 5) is 4.26. The predicted octanol–water partition coefficient (Wildman–Crippen LogP) is 4.26. The van der Waals surface area contributed by atoms with Gasteiger partial charge in [-0.05, 0) is 30.3 Å². The van der Waals surface area contributed by atoms with Gasteiger partial charge >= 0.3 is 0 Å². The van der Waals surface area contributed by atoms with Gasteiger partial charge in [0.15, 0.2) is 5.82 Å². The topological polar surface area (TPSA) is 62.7 Å². The number of hydrogen-bond acceptors (Lipinski definition) is 5. The fourth-order valence-corrected chi connectivity index (χ4v) is 2.21. The second-order valence-electron chi connectivity index (χ2n) is 4.41. The fraction of sp³-hybridized carbons (Fsp3) is 0. The first kappa shape index (κ1) is 14.4. The van der Waals surface area contributed by atoms with E-state index in [1.165, 1.54) is 12.3 Å². The highest BCUT2D eigenvalue weighted by atomic mass is 79.9. The van der Waals surface area contributed by atoms with Crippen LogP contribution < -0.4 is 10.6 Å². The molecule has 22 heavy (non-hydrogen) atoms. The van der Waals surface area contributed by atoms with E-state index in [0.717, 1.165) is 10.2 Å². The van der Waals surface area contributed by atoms with Crippen LogP contribution in [0.25, 0.3) is 0 Å². The van der Waals surface area contributed by atoms with E-state index in [4.69, 9.17) is 0 Å². The molecule has 0 amide bonds. The Hall–Kier alpha value is -2.54. The van der Waals surface area contributed by atoms with Crippen molar-refractivity contribution in [2.24, 2.45) is 0 Å². The lowest BCUT2D eigenvalue weighted by Gasteiger charge is -2.08. The molecule has 0 radical (unpaired) electrons. The number of rotatable bonds is 4. The summed E-state index contributed by atoms with van der Waals surface area (Å²) in [7, 11) is 0. The van der Waals surface area contributed by atoms with Crippen molar-refractivity contribution in [3.63, 3.8) is 0 Å². The molecular weight excluding hydrogens is 349 g/mol. The first-order valence-corrected chi connectivity index (χ1v) is 7.24. The van der Waals surface area contributed by atoms with Gasteiger partial charge in [0.2, 0.25) is 5.95 Å². The molecule has 110 valence electrons. The van der Waals surface area contributed by atoms with E-state index in [1.807, 2.05) is 24.3 Å². The molecule has 0 saturated heterocycles. The maximum absolute atomic E-state index is 13.6. The van der Waals surface area contributed by atoms with Crippen LogP contribution in [0.15, 0.2) is 59.2 Å². The first-order chi connectivity index (χ1) is 10.7. The minimum atomic E-state index is -0.378. The number of para-hydroxylation sites is 1. The summed E-state index contributed by atoms with van der Waals surface area (Å²) in [6.07, 6.45) is 1.49. The third-order valence-electron chi connectivity index (χ3n) is 2.78. The quantitative estimate of drug-likeness (QED) is 0.728. The van der Waals surface area contributed by atoms with Crippen LogP contribution in [0.4, 0.5) is 27.5 Å². The molecule has 3 rings (SSSR count). The largest absolute Gasteiger partial charge is 0.339 e. The van der Waals surface area contributed by atoms with Crippen molar-refractivity contribution >= 4 is 39.1 Å². The Morgan fingerprint density at radius 1 is 1.00 bits per heavy atom.